The van der Waals surface area contributed by atoms with Crippen molar-refractivity contribution in [3.05, 3.63) is 35.9 Å². The monoisotopic (exact) mass is 490 g/mol. The molecule has 0 bridgehead atoms. The average molecular weight is 490 g/mol. The lowest BCUT2D eigenvalue weighted by molar-refractivity contribution is -0.0502. The third kappa shape index (κ3) is 5.50. The van der Waals surface area contributed by atoms with E-state index in [9.17, 15) is 0 Å². The molecule has 3 rings (SSSR count). The van der Waals surface area contributed by atoms with Gasteiger partial charge in [0, 0.05) is 45.0 Å². The maximum atomic E-state index is 6.07. The Morgan fingerprint density at radius 3 is 2.81 bits per heavy atom. The summed E-state index contributed by atoms with van der Waals surface area (Å²) in [5, 5.41) is 4.09. The standard InChI is InChI=1S/C19H30N4OS.HI/c1-15(25-3)11-21-19(20-2)23-13-17-18(14-23)24-10-9-22(17)12-16-7-5-4-6-8-16;/h4-8,15,17-18H,9-14H2,1-3H3,(H,20,21);1H. The van der Waals surface area contributed by atoms with Gasteiger partial charge in [0.1, 0.15) is 0 Å². The molecule has 1 aromatic carbocycles. The molecule has 2 aliphatic heterocycles. The number of thioether (sulfide) groups is 1. The van der Waals surface area contributed by atoms with Crippen LogP contribution in [0.5, 0.6) is 0 Å². The molecular weight excluding hydrogens is 459 g/mol. The maximum Gasteiger partial charge on any atom is 0.193 e. The van der Waals surface area contributed by atoms with Crippen LogP contribution in [0.4, 0.5) is 0 Å². The molecule has 1 aromatic rings. The van der Waals surface area contributed by atoms with E-state index < -0.39 is 0 Å². The molecular formula is C19H31IN4OS. The summed E-state index contributed by atoms with van der Waals surface area (Å²) in [7, 11) is 1.87. The van der Waals surface area contributed by atoms with Crippen molar-refractivity contribution in [3.8, 4) is 0 Å². The highest BCUT2D eigenvalue weighted by molar-refractivity contribution is 14.0. The lowest BCUT2D eigenvalue weighted by Gasteiger charge is -2.36. The highest BCUT2D eigenvalue weighted by Gasteiger charge is 2.41. The van der Waals surface area contributed by atoms with E-state index >= 15 is 0 Å². The van der Waals surface area contributed by atoms with Gasteiger partial charge in [-0.05, 0) is 11.8 Å². The summed E-state index contributed by atoms with van der Waals surface area (Å²) in [5.41, 5.74) is 1.37. The molecule has 0 aromatic heterocycles. The average Bonchev–Trinajstić information content (AvgIpc) is 3.08. The normalized spacial score (nSPS) is 24.7. The fourth-order valence-corrected chi connectivity index (χ4v) is 3.85. The van der Waals surface area contributed by atoms with Gasteiger partial charge in [-0.3, -0.25) is 9.89 Å². The smallest absolute Gasteiger partial charge is 0.193 e. The summed E-state index contributed by atoms with van der Waals surface area (Å²) in [6.45, 7) is 7.88. The van der Waals surface area contributed by atoms with Crippen molar-refractivity contribution < 1.29 is 4.74 Å². The number of likely N-dealkylation sites (tertiary alicyclic amines) is 1. The molecule has 1 N–H and O–H groups in total. The Morgan fingerprint density at radius 2 is 2.12 bits per heavy atom. The third-order valence-electron chi connectivity index (χ3n) is 5.11. The predicted molar refractivity (Wildman–Crippen MR) is 122 cm³/mol. The Balaban J connectivity index is 0.00000243. The van der Waals surface area contributed by atoms with Gasteiger partial charge >= 0.3 is 0 Å². The number of hydrogen-bond donors (Lipinski definition) is 1. The van der Waals surface area contributed by atoms with Gasteiger partial charge in [0.25, 0.3) is 0 Å². The van der Waals surface area contributed by atoms with Crippen molar-refractivity contribution >= 4 is 41.7 Å². The minimum Gasteiger partial charge on any atom is -0.373 e. The lowest BCUT2D eigenvalue weighted by Crippen LogP contribution is -2.50. The Kier molecular flexibility index (Phi) is 8.99. The summed E-state index contributed by atoms with van der Waals surface area (Å²) in [6, 6.07) is 11.2. The Hall–Kier alpha value is -0.510. The minimum atomic E-state index is 0. The highest BCUT2D eigenvalue weighted by Crippen LogP contribution is 2.24. The Morgan fingerprint density at radius 1 is 1.35 bits per heavy atom. The van der Waals surface area contributed by atoms with Gasteiger partial charge in [-0.2, -0.15) is 11.8 Å². The zero-order valence-electron chi connectivity index (χ0n) is 15.9. The van der Waals surface area contributed by atoms with Gasteiger partial charge in [-0.1, -0.05) is 37.3 Å². The molecule has 0 amide bonds. The van der Waals surface area contributed by atoms with Crippen molar-refractivity contribution in [1.82, 2.24) is 15.1 Å². The van der Waals surface area contributed by atoms with Gasteiger partial charge < -0.3 is 15.0 Å². The van der Waals surface area contributed by atoms with Gasteiger partial charge in [0.2, 0.25) is 0 Å². The zero-order chi connectivity index (χ0) is 17.6. The van der Waals surface area contributed by atoms with Gasteiger partial charge in [-0.25, -0.2) is 0 Å². The first-order valence-electron chi connectivity index (χ1n) is 9.09. The van der Waals surface area contributed by atoms with Crippen LogP contribution in [0, 0.1) is 0 Å². The molecule has 0 radical (unpaired) electrons. The molecule has 5 nitrogen and oxygen atoms in total. The largest absolute Gasteiger partial charge is 0.373 e. The number of hydrogen-bond acceptors (Lipinski definition) is 4. The van der Waals surface area contributed by atoms with Crippen LogP contribution in [0.2, 0.25) is 0 Å². The number of fused-ring (bicyclic) bond motifs is 1. The zero-order valence-corrected chi connectivity index (χ0v) is 19.1. The number of nitrogens with zero attached hydrogens (tertiary/aromatic N) is 3. The summed E-state index contributed by atoms with van der Waals surface area (Å²) in [4.78, 5) is 9.41. The predicted octanol–water partition coefficient (Wildman–Crippen LogP) is 2.52. The van der Waals surface area contributed by atoms with Crippen LogP contribution in [0.3, 0.4) is 0 Å². The first-order valence-corrected chi connectivity index (χ1v) is 10.4. The molecule has 2 saturated heterocycles. The maximum absolute atomic E-state index is 6.07. The molecule has 0 spiro atoms. The fraction of sp³-hybridized carbons (Fsp3) is 0.632. The Bertz CT molecular complexity index is 574. The highest BCUT2D eigenvalue weighted by atomic mass is 127. The number of aliphatic imine (C=N–C) groups is 1. The second-order valence-corrected chi connectivity index (χ2v) is 8.09. The Labute approximate surface area is 179 Å². The molecule has 2 aliphatic rings. The molecule has 0 saturated carbocycles. The minimum absolute atomic E-state index is 0. The first-order chi connectivity index (χ1) is 12.2. The quantitative estimate of drug-likeness (QED) is 0.390. The molecule has 2 heterocycles. The number of guanidine groups is 1. The van der Waals surface area contributed by atoms with Crippen LogP contribution >= 0.6 is 35.7 Å². The molecule has 146 valence electrons. The molecule has 2 fully saturated rings. The van der Waals surface area contributed by atoms with Crippen molar-refractivity contribution in [3.63, 3.8) is 0 Å². The van der Waals surface area contributed by atoms with Crippen LogP contribution in [0.1, 0.15) is 12.5 Å². The van der Waals surface area contributed by atoms with E-state index in [0.29, 0.717) is 11.3 Å². The molecule has 26 heavy (non-hydrogen) atoms. The number of nitrogens with one attached hydrogen (secondary N) is 1. The van der Waals surface area contributed by atoms with E-state index in [-0.39, 0.29) is 30.1 Å². The fourth-order valence-electron chi connectivity index (χ4n) is 3.60. The van der Waals surface area contributed by atoms with Gasteiger partial charge in [0.15, 0.2) is 5.96 Å². The topological polar surface area (TPSA) is 40.1 Å². The number of halogens is 1. The summed E-state index contributed by atoms with van der Waals surface area (Å²) >= 11 is 1.87. The number of ether oxygens (including phenoxy) is 1. The second-order valence-electron chi connectivity index (χ2n) is 6.81. The van der Waals surface area contributed by atoms with Crippen LogP contribution < -0.4 is 5.32 Å². The van der Waals surface area contributed by atoms with Gasteiger partial charge in [-0.15, -0.1) is 24.0 Å². The van der Waals surface area contributed by atoms with E-state index in [1.165, 1.54) is 5.56 Å². The van der Waals surface area contributed by atoms with Gasteiger partial charge in [0.05, 0.1) is 18.8 Å². The molecule has 0 aliphatic carbocycles. The van der Waals surface area contributed by atoms with Crippen molar-refractivity contribution in [2.24, 2.45) is 4.99 Å². The number of benzene rings is 1. The van der Waals surface area contributed by atoms with Crippen LogP contribution in [-0.2, 0) is 11.3 Å². The lowest BCUT2D eigenvalue weighted by atomic mass is 10.1. The third-order valence-corrected chi connectivity index (χ3v) is 6.08. The molecule has 3 unspecified atom stereocenters. The summed E-state index contributed by atoms with van der Waals surface area (Å²) in [5.74, 6) is 0.999. The van der Waals surface area contributed by atoms with E-state index in [1.54, 1.807) is 0 Å². The number of morpholine rings is 1. The molecule has 7 heteroatoms. The van der Waals surface area contributed by atoms with E-state index in [1.807, 2.05) is 18.8 Å². The van der Waals surface area contributed by atoms with E-state index in [2.05, 4.69) is 63.6 Å². The molecule has 3 atom stereocenters. The van der Waals surface area contributed by atoms with Crippen LogP contribution in [0.15, 0.2) is 35.3 Å². The van der Waals surface area contributed by atoms with Crippen LogP contribution in [0.25, 0.3) is 0 Å². The second kappa shape index (κ2) is 10.7. The van der Waals surface area contributed by atoms with Crippen molar-refractivity contribution in [2.75, 3.05) is 46.1 Å². The summed E-state index contributed by atoms with van der Waals surface area (Å²) in [6.07, 6.45) is 2.42. The van der Waals surface area contributed by atoms with E-state index in [0.717, 1.165) is 45.3 Å². The van der Waals surface area contributed by atoms with Crippen LogP contribution in [-0.4, -0.2) is 79.2 Å². The summed E-state index contributed by atoms with van der Waals surface area (Å²) < 4.78 is 6.07. The SMILES string of the molecule is CN=C(NCC(C)SC)N1CC2OCCN(Cc3ccccc3)C2C1.I. The number of rotatable bonds is 5. The van der Waals surface area contributed by atoms with Crippen molar-refractivity contribution in [1.29, 1.82) is 0 Å². The first kappa shape index (κ1) is 21.8. The van der Waals surface area contributed by atoms with Crippen molar-refractivity contribution in [2.45, 2.75) is 30.9 Å². The van der Waals surface area contributed by atoms with E-state index in [4.69, 9.17) is 4.74 Å².